The maximum atomic E-state index is 12.6. The highest BCUT2D eigenvalue weighted by Crippen LogP contribution is 2.25. The van der Waals surface area contributed by atoms with E-state index < -0.39 is 0 Å². The number of anilines is 1. The number of fused-ring (bicyclic) bond motifs is 1. The molecule has 4 rings (SSSR count). The first kappa shape index (κ1) is 15.5. The predicted octanol–water partition coefficient (Wildman–Crippen LogP) is 4.11. The second kappa shape index (κ2) is 6.49. The van der Waals surface area contributed by atoms with Crippen LogP contribution in [0.1, 0.15) is 5.56 Å². The third kappa shape index (κ3) is 3.04. The zero-order valence-corrected chi connectivity index (χ0v) is 14.5. The number of nitrogens with zero attached hydrogens (tertiary/aromatic N) is 3. The molecule has 2 aromatic carbocycles. The number of imidazole rings is 1. The number of aromatic nitrogens is 3. The molecule has 1 amide bonds. The second-order valence-corrected chi connectivity index (χ2v) is 6.47. The van der Waals surface area contributed by atoms with Crippen molar-refractivity contribution in [1.29, 1.82) is 0 Å². The third-order valence-electron chi connectivity index (χ3n) is 4.04. The van der Waals surface area contributed by atoms with Gasteiger partial charge in [-0.05, 0) is 30.7 Å². The van der Waals surface area contributed by atoms with Crippen molar-refractivity contribution >= 4 is 34.0 Å². The molecule has 0 bridgehead atoms. The van der Waals surface area contributed by atoms with Crippen molar-refractivity contribution in [1.82, 2.24) is 14.5 Å². The molecule has 4 aromatic rings. The van der Waals surface area contributed by atoms with E-state index in [0.717, 1.165) is 28.0 Å². The second-order valence-electron chi connectivity index (χ2n) is 5.75. The first-order valence-corrected chi connectivity index (χ1v) is 8.86. The fourth-order valence-electron chi connectivity index (χ4n) is 2.80. The van der Waals surface area contributed by atoms with E-state index in [1.54, 1.807) is 5.51 Å². The Morgan fingerprint density at radius 3 is 2.76 bits per heavy atom. The summed E-state index contributed by atoms with van der Waals surface area (Å²) in [5, 5.41) is 4.92. The van der Waals surface area contributed by atoms with Crippen molar-refractivity contribution in [2.24, 2.45) is 0 Å². The summed E-state index contributed by atoms with van der Waals surface area (Å²) in [7, 11) is 0. The molecule has 0 aliphatic carbocycles. The van der Waals surface area contributed by atoms with E-state index >= 15 is 0 Å². The number of benzene rings is 2. The lowest BCUT2D eigenvalue weighted by Gasteiger charge is -2.10. The molecular weight excluding hydrogens is 332 g/mol. The summed E-state index contributed by atoms with van der Waals surface area (Å²) in [6.07, 6.45) is 0. The molecule has 0 saturated heterocycles. The van der Waals surface area contributed by atoms with Crippen molar-refractivity contribution in [3.63, 3.8) is 0 Å². The smallest absolute Gasteiger partial charge is 0.244 e. The zero-order valence-electron chi connectivity index (χ0n) is 13.6. The standard InChI is InChI=1S/C19H16N4OS/c1-13-6-2-3-7-14(13)21-18(24)10-23-17-9-5-4-8-15(17)22-19(23)16-11-25-12-20-16/h2-9,11-12H,10H2,1H3,(H,21,24). The summed E-state index contributed by atoms with van der Waals surface area (Å²) >= 11 is 1.51. The van der Waals surface area contributed by atoms with Crippen LogP contribution in [0.5, 0.6) is 0 Å². The molecule has 0 atom stereocenters. The number of rotatable bonds is 4. The quantitative estimate of drug-likeness (QED) is 0.604. The highest BCUT2D eigenvalue weighted by molar-refractivity contribution is 7.07. The molecule has 2 aromatic heterocycles. The zero-order chi connectivity index (χ0) is 17.2. The van der Waals surface area contributed by atoms with Crippen molar-refractivity contribution in [2.45, 2.75) is 13.5 Å². The number of para-hydroxylation sites is 3. The lowest BCUT2D eigenvalue weighted by atomic mass is 10.2. The molecule has 6 heteroatoms. The summed E-state index contributed by atoms with van der Waals surface area (Å²) in [6.45, 7) is 2.16. The minimum Gasteiger partial charge on any atom is -0.324 e. The van der Waals surface area contributed by atoms with Crippen molar-refractivity contribution in [2.75, 3.05) is 5.32 Å². The van der Waals surface area contributed by atoms with Gasteiger partial charge in [0.05, 0.1) is 16.5 Å². The summed E-state index contributed by atoms with van der Waals surface area (Å²) in [5.74, 6) is 0.622. The molecule has 25 heavy (non-hydrogen) atoms. The van der Waals surface area contributed by atoms with Gasteiger partial charge in [0, 0.05) is 11.1 Å². The van der Waals surface area contributed by atoms with Crippen LogP contribution in [-0.2, 0) is 11.3 Å². The first-order chi connectivity index (χ1) is 12.2. The molecule has 1 N–H and O–H groups in total. The van der Waals surface area contributed by atoms with Crippen molar-refractivity contribution < 1.29 is 4.79 Å². The number of thiazole rings is 1. The summed E-state index contributed by atoms with van der Waals surface area (Å²) in [4.78, 5) is 21.6. The normalized spacial score (nSPS) is 10.9. The SMILES string of the molecule is Cc1ccccc1NC(=O)Cn1c(-c2cscn2)nc2ccccc21. The number of amides is 1. The summed E-state index contributed by atoms with van der Waals surface area (Å²) in [5.41, 5.74) is 6.19. The van der Waals surface area contributed by atoms with Crippen LogP contribution in [-0.4, -0.2) is 20.4 Å². The van der Waals surface area contributed by atoms with E-state index in [1.165, 1.54) is 11.3 Å². The van der Waals surface area contributed by atoms with Crippen LogP contribution in [0.15, 0.2) is 59.4 Å². The molecule has 124 valence electrons. The average Bonchev–Trinajstić information content (AvgIpc) is 3.25. The van der Waals surface area contributed by atoms with Gasteiger partial charge < -0.3 is 9.88 Å². The van der Waals surface area contributed by atoms with E-state index in [1.807, 2.05) is 65.4 Å². The lowest BCUT2D eigenvalue weighted by Crippen LogP contribution is -2.19. The van der Waals surface area contributed by atoms with Gasteiger partial charge in [0.1, 0.15) is 12.2 Å². The maximum Gasteiger partial charge on any atom is 0.244 e. The Morgan fingerprint density at radius 2 is 1.96 bits per heavy atom. The van der Waals surface area contributed by atoms with Crippen LogP contribution in [0.4, 0.5) is 5.69 Å². The molecule has 0 aliphatic heterocycles. The number of aryl methyl sites for hydroxylation is 1. The number of nitrogens with one attached hydrogen (secondary N) is 1. The van der Waals surface area contributed by atoms with E-state index in [9.17, 15) is 4.79 Å². The molecule has 0 fully saturated rings. The van der Waals surface area contributed by atoms with Crippen LogP contribution in [0.2, 0.25) is 0 Å². The van der Waals surface area contributed by atoms with Crippen LogP contribution in [0.25, 0.3) is 22.6 Å². The van der Waals surface area contributed by atoms with Gasteiger partial charge in [0.2, 0.25) is 5.91 Å². The van der Waals surface area contributed by atoms with Gasteiger partial charge in [-0.25, -0.2) is 9.97 Å². The Hall–Kier alpha value is -2.99. The predicted molar refractivity (Wildman–Crippen MR) is 101 cm³/mol. The number of hydrogen-bond acceptors (Lipinski definition) is 4. The Kier molecular flexibility index (Phi) is 4.03. The minimum atomic E-state index is -0.0890. The number of carbonyl (C=O) groups is 1. The van der Waals surface area contributed by atoms with Gasteiger partial charge in [-0.2, -0.15) is 0 Å². The first-order valence-electron chi connectivity index (χ1n) is 7.91. The Labute approximate surface area is 149 Å². The highest BCUT2D eigenvalue weighted by atomic mass is 32.1. The largest absolute Gasteiger partial charge is 0.324 e. The Bertz CT molecular complexity index is 1040. The maximum absolute atomic E-state index is 12.6. The van der Waals surface area contributed by atoms with Crippen LogP contribution in [0.3, 0.4) is 0 Å². The topological polar surface area (TPSA) is 59.8 Å². The lowest BCUT2D eigenvalue weighted by molar-refractivity contribution is -0.116. The monoisotopic (exact) mass is 348 g/mol. The molecule has 5 nitrogen and oxygen atoms in total. The van der Waals surface area contributed by atoms with E-state index in [4.69, 9.17) is 0 Å². The van der Waals surface area contributed by atoms with Crippen LogP contribution in [0, 0.1) is 6.92 Å². The van der Waals surface area contributed by atoms with Gasteiger partial charge in [0.15, 0.2) is 5.82 Å². The van der Waals surface area contributed by atoms with E-state index in [2.05, 4.69) is 15.3 Å². The van der Waals surface area contributed by atoms with E-state index in [0.29, 0.717) is 5.82 Å². The minimum absolute atomic E-state index is 0.0890. The van der Waals surface area contributed by atoms with Gasteiger partial charge in [-0.3, -0.25) is 4.79 Å². The van der Waals surface area contributed by atoms with E-state index in [-0.39, 0.29) is 12.5 Å². The Balaban J connectivity index is 1.70. The fourth-order valence-corrected chi connectivity index (χ4v) is 3.33. The van der Waals surface area contributed by atoms with Gasteiger partial charge in [-0.1, -0.05) is 30.3 Å². The van der Waals surface area contributed by atoms with Gasteiger partial charge >= 0.3 is 0 Å². The van der Waals surface area contributed by atoms with Gasteiger partial charge in [0.25, 0.3) is 0 Å². The molecule has 0 spiro atoms. The molecule has 2 heterocycles. The third-order valence-corrected chi connectivity index (χ3v) is 4.62. The van der Waals surface area contributed by atoms with Crippen LogP contribution < -0.4 is 5.32 Å². The average molecular weight is 348 g/mol. The molecule has 0 radical (unpaired) electrons. The molecular formula is C19H16N4OS. The van der Waals surface area contributed by atoms with Crippen molar-refractivity contribution in [3.05, 3.63) is 65.0 Å². The van der Waals surface area contributed by atoms with Gasteiger partial charge in [-0.15, -0.1) is 11.3 Å². The van der Waals surface area contributed by atoms with Crippen LogP contribution >= 0.6 is 11.3 Å². The molecule has 0 aliphatic rings. The van der Waals surface area contributed by atoms with Crippen molar-refractivity contribution in [3.8, 4) is 11.5 Å². The number of carbonyl (C=O) groups excluding carboxylic acids is 1. The molecule has 0 saturated carbocycles. The summed E-state index contributed by atoms with van der Waals surface area (Å²) in [6, 6.07) is 15.6. The number of hydrogen-bond donors (Lipinski definition) is 1. The summed E-state index contributed by atoms with van der Waals surface area (Å²) < 4.78 is 1.91. The highest BCUT2D eigenvalue weighted by Gasteiger charge is 2.16. The Morgan fingerprint density at radius 1 is 1.16 bits per heavy atom. The fraction of sp³-hybridized carbons (Fsp3) is 0.105. The molecule has 0 unspecified atom stereocenters.